The number of carbonyl (C=O) groups excluding carboxylic acids is 1. The topological polar surface area (TPSA) is 60.9 Å². The van der Waals surface area contributed by atoms with E-state index in [9.17, 15) is 13.6 Å². The lowest BCUT2D eigenvalue weighted by atomic mass is 10.2. The van der Waals surface area contributed by atoms with Crippen molar-refractivity contribution in [2.75, 3.05) is 0 Å². The van der Waals surface area contributed by atoms with Crippen molar-refractivity contribution in [3.05, 3.63) is 53.4 Å². The maximum Gasteiger partial charge on any atom is 0.251 e. The van der Waals surface area contributed by atoms with Gasteiger partial charge < -0.3 is 5.73 Å². The molecular weight excluding hydrogens is 228 g/mol. The smallest absolute Gasteiger partial charge is 0.251 e. The van der Waals surface area contributed by atoms with Crippen LogP contribution in [0.25, 0.3) is 0 Å². The summed E-state index contributed by atoms with van der Waals surface area (Å²) in [6.45, 7) is 0.241. The minimum atomic E-state index is -0.912. The SMILES string of the molecule is NC(=O)c1cnn(Cc2ccc(F)c(F)c2)c1. The zero-order chi connectivity index (χ0) is 12.4. The summed E-state index contributed by atoms with van der Waals surface area (Å²) < 4.78 is 27.0. The molecule has 88 valence electrons. The molecule has 1 amide bonds. The highest BCUT2D eigenvalue weighted by Gasteiger charge is 2.06. The van der Waals surface area contributed by atoms with Crippen molar-refractivity contribution in [3.8, 4) is 0 Å². The highest BCUT2D eigenvalue weighted by atomic mass is 19.2. The van der Waals surface area contributed by atoms with E-state index in [4.69, 9.17) is 5.73 Å². The predicted octanol–water partition coefficient (Wildman–Crippen LogP) is 1.31. The van der Waals surface area contributed by atoms with Gasteiger partial charge >= 0.3 is 0 Å². The van der Waals surface area contributed by atoms with Crippen LogP contribution in [-0.2, 0) is 6.54 Å². The third-order valence-corrected chi connectivity index (χ3v) is 2.25. The maximum absolute atomic E-state index is 12.9. The molecule has 2 aromatic rings. The number of halogens is 2. The van der Waals surface area contributed by atoms with E-state index in [1.807, 2.05) is 0 Å². The van der Waals surface area contributed by atoms with Crippen molar-refractivity contribution in [2.24, 2.45) is 5.73 Å². The summed E-state index contributed by atoms with van der Waals surface area (Å²) in [5.74, 6) is -2.39. The number of rotatable bonds is 3. The van der Waals surface area contributed by atoms with Gasteiger partial charge in [-0.1, -0.05) is 6.07 Å². The largest absolute Gasteiger partial charge is 0.366 e. The van der Waals surface area contributed by atoms with Crippen molar-refractivity contribution in [1.82, 2.24) is 9.78 Å². The molecule has 0 aliphatic rings. The Bertz CT molecular complexity index is 566. The second kappa shape index (κ2) is 4.32. The standard InChI is InChI=1S/C11H9F2N3O/c12-9-2-1-7(3-10(9)13)5-16-6-8(4-15-16)11(14)17/h1-4,6H,5H2,(H2,14,17). The van der Waals surface area contributed by atoms with Crippen LogP contribution in [0.2, 0.25) is 0 Å². The van der Waals surface area contributed by atoms with Gasteiger partial charge in [0.15, 0.2) is 11.6 Å². The minimum Gasteiger partial charge on any atom is -0.366 e. The molecule has 1 aromatic carbocycles. The lowest BCUT2D eigenvalue weighted by Gasteiger charge is -2.02. The Kier molecular flexibility index (Phi) is 2.86. The molecule has 6 heteroatoms. The van der Waals surface area contributed by atoms with Gasteiger partial charge in [-0.05, 0) is 17.7 Å². The van der Waals surface area contributed by atoms with Gasteiger partial charge in [0.05, 0.1) is 18.3 Å². The normalized spacial score (nSPS) is 10.5. The monoisotopic (exact) mass is 237 g/mol. The lowest BCUT2D eigenvalue weighted by molar-refractivity contribution is 0.1000. The molecule has 17 heavy (non-hydrogen) atoms. The Labute approximate surface area is 95.7 Å². The van der Waals surface area contributed by atoms with Gasteiger partial charge in [0.2, 0.25) is 0 Å². The number of amides is 1. The molecule has 1 aromatic heterocycles. The number of hydrogen-bond acceptors (Lipinski definition) is 2. The highest BCUT2D eigenvalue weighted by Crippen LogP contribution is 2.10. The molecule has 4 nitrogen and oxygen atoms in total. The fourth-order valence-electron chi connectivity index (χ4n) is 1.40. The van der Waals surface area contributed by atoms with Gasteiger partial charge in [0.1, 0.15) is 0 Å². The number of benzene rings is 1. The van der Waals surface area contributed by atoms with E-state index in [1.54, 1.807) is 0 Å². The summed E-state index contributed by atoms with van der Waals surface area (Å²) in [5, 5.41) is 3.88. The van der Waals surface area contributed by atoms with Crippen LogP contribution in [0.4, 0.5) is 8.78 Å². The highest BCUT2D eigenvalue weighted by molar-refractivity contribution is 5.92. The molecule has 1 heterocycles. The van der Waals surface area contributed by atoms with Crippen LogP contribution in [0.1, 0.15) is 15.9 Å². The average molecular weight is 237 g/mol. The van der Waals surface area contributed by atoms with E-state index in [1.165, 1.54) is 23.1 Å². The van der Waals surface area contributed by atoms with Gasteiger partial charge in [0.25, 0.3) is 5.91 Å². The van der Waals surface area contributed by atoms with E-state index < -0.39 is 17.5 Å². The molecule has 0 aliphatic heterocycles. The van der Waals surface area contributed by atoms with Crippen molar-refractivity contribution in [1.29, 1.82) is 0 Å². The summed E-state index contributed by atoms with van der Waals surface area (Å²) in [4.78, 5) is 10.8. The Balaban J connectivity index is 2.19. The van der Waals surface area contributed by atoms with Crippen molar-refractivity contribution in [3.63, 3.8) is 0 Å². The average Bonchev–Trinajstić information content (AvgIpc) is 2.72. The summed E-state index contributed by atoms with van der Waals surface area (Å²) in [6.07, 6.45) is 2.77. The van der Waals surface area contributed by atoms with Crippen LogP contribution in [0.3, 0.4) is 0 Å². The first-order valence-corrected chi connectivity index (χ1v) is 4.82. The summed E-state index contributed by atoms with van der Waals surface area (Å²) in [5.41, 5.74) is 5.88. The molecule has 0 fully saturated rings. The molecule has 0 bridgehead atoms. The maximum atomic E-state index is 12.9. The molecule has 0 spiro atoms. The number of nitrogens with two attached hydrogens (primary N) is 1. The lowest BCUT2D eigenvalue weighted by Crippen LogP contribution is -2.09. The molecule has 0 unspecified atom stereocenters. The van der Waals surface area contributed by atoms with Gasteiger partial charge in [-0.25, -0.2) is 8.78 Å². The Hall–Kier alpha value is -2.24. The molecule has 0 radical (unpaired) electrons. The predicted molar refractivity (Wildman–Crippen MR) is 56.2 cm³/mol. The van der Waals surface area contributed by atoms with Gasteiger partial charge in [-0.2, -0.15) is 5.10 Å². The van der Waals surface area contributed by atoms with Crippen molar-refractivity contribution < 1.29 is 13.6 Å². The fourth-order valence-corrected chi connectivity index (χ4v) is 1.40. The van der Waals surface area contributed by atoms with Gasteiger partial charge in [-0.3, -0.25) is 9.48 Å². The Morgan fingerprint density at radius 2 is 2.12 bits per heavy atom. The fraction of sp³-hybridized carbons (Fsp3) is 0.0909. The van der Waals surface area contributed by atoms with Gasteiger partial charge in [-0.15, -0.1) is 0 Å². The number of aromatic nitrogens is 2. The molecule has 2 N–H and O–H groups in total. The summed E-state index contributed by atoms with van der Waals surface area (Å²) in [7, 11) is 0. The quantitative estimate of drug-likeness (QED) is 0.874. The Morgan fingerprint density at radius 3 is 2.71 bits per heavy atom. The van der Waals surface area contributed by atoms with E-state index in [2.05, 4.69) is 5.10 Å². The first-order chi connectivity index (χ1) is 8.06. The third kappa shape index (κ3) is 2.47. The third-order valence-electron chi connectivity index (χ3n) is 2.25. The molecule has 2 rings (SSSR count). The van der Waals surface area contributed by atoms with Crippen LogP contribution < -0.4 is 5.73 Å². The van der Waals surface area contributed by atoms with Gasteiger partial charge in [0, 0.05) is 6.20 Å². The zero-order valence-electron chi connectivity index (χ0n) is 8.73. The second-order valence-electron chi connectivity index (χ2n) is 3.54. The molecule has 0 atom stereocenters. The zero-order valence-corrected chi connectivity index (χ0v) is 8.73. The number of hydrogen-bond donors (Lipinski definition) is 1. The van der Waals surface area contributed by atoms with Crippen LogP contribution >= 0.6 is 0 Å². The summed E-state index contributed by atoms with van der Waals surface area (Å²) in [6, 6.07) is 3.58. The van der Waals surface area contributed by atoms with Crippen LogP contribution in [0.15, 0.2) is 30.6 Å². The number of carbonyl (C=O) groups is 1. The molecule has 0 saturated heterocycles. The van der Waals surface area contributed by atoms with E-state index in [0.29, 0.717) is 5.56 Å². The first kappa shape index (κ1) is 11.3. The summed E-state index contributed by atoms with van der Waals surface area (Å²) >= 11 is 0. The number of nitrogens with zero attached hydrogens (tertiary/aromatic N) is 2. The van der Waals surface area contributed by atoms with Crippen LogP contribution in [-0.4, -0.2) is 15.7 Å². The van der Waals surface area contributed by atoms with E-state index in [0.717, 1.165) is 12.1 Å². The number of primary amides is 1. The minimum absolute atomic E-state index is 0.241. The molecular formula is C11H9F2N3O. The van der Waals surface area contributed by atoms with E-state index in [-0.39, 0.29) is 12.1 Å². The van der Waals surface area contributed by atoms with Crippen LogP contribution in [0.5, 0.6) is 0 Å². The first-order valence-electron chi connectivity index (χ1n) is 4.82. The van der Waals surface area contributed by atoms with Crippen molar-refractivity contribution >= 4 is 5.91 Å². The molecule has 0 aliphatic carbocycles. The molecule has 0 saturated carbocycles. The Morgan fingerprint density at radius 1 is 1.35 bits per heavy atom. The van der Waals surface area contributed by atoms with Crippen LogP contribution in [0, 0.1) is 11.6 Å². The second-order valence-corrected chi connectivity index (χ2v) is 3.54. The van der Waals surface area contributed by atoms with E-state index >= 15 is 0 Å². The van der Waals surface area contributed by atoms with Crippen molar-refractivity contribution in [2.45, 2.75) is 6.54 Å².